The van der Waals surface area contributed by atoms with Crippen LogP contribution in [0.4, 0.5) is 0 Å². The molecule has 0 rings (SSSR count). The van der Waals surface area contributed by atoms with Crippen molar-refractivity contribution in [1.29, 1.82) is 0 Å². The van der Waals surface area contributed by atoms with Gasteiger partial charge in [0.1, 0.15) is 0 Å². The van der Waals surface area contributed by atoms with Gasteiger partial charge in [0.05, 0.1) is 13.2 Å². The van der Waals surface area contributed by atoms with Gasteiger partial charge in [0, 0.05) is 12.8 Å². The number of rotatable bonds is 18. The smallest absolute Gasteiger partial charge is 0.305 e. The third kappa shape index (κ3) is 19.1. The summed E-state index contributed by atoms with van der Waals surface area (Å²) in [6.07, 6.45) is 15.0. The Labute approximate surface area is 155 Å². The zero-order chi connectivity index (χ0) is 18.6. The molecule has 0 spiro atoms. The Morgan fingerprint density at radius 3 is 1.36 bits per heavy atom. The van der Waals surface area contributed by atoms with Gasteiger partial charge in [-0.3, -0.25) is 9.59 Å². The molecule has 0 aromatic heterocycles. The van der Waals surface area contributed by atoms with Crippen LogP contribution in [0.25, 0.3) is 0 Å². The van der Waals surface area contributed by atoms with E-state index in [2.05, 4.69) is 13.8 Å². The number of unbranched alkanes of at least 4 members (excludes halogenated alkanes) is 10. The van der Waals surface area contributed by atoms with Crippen LogP contribution < -0.4 is 0 Å². The van der Waals surface area contributed by atoms with Gasteiger partial charge in [-0.2, -0.15) is 0 Å². The number of carbonyl (C=O) groups excluding carboxylic acids is 2. The molecule has 0 radical (unpaired) electrons. The van der Waals surface area contributed by atoms with E-state index in [-0.39, 0.29) is 11.9 Å². The van der Waals surface area contributed by atoms with Gasteiger partial charge in [-0.1, -0.05) is 71.6 Å². The highest BCUT2D eigenvalue weighted by Crippen LogP contribution is 2.08. The molecule has 0 saturated heterocycles. The summed E-state index contributed by atoms with van der Waals surface area (Å²) in [7, 11) is 0. The lowest BCUT2D eigenvalue weighted by molar-refractivity contribution is -0.144. The molecule has 4 heteroatoms. The van der Waals surface area contributed by atoms with E-state index in [1.54, 1.807) is 0 Å². The molecule has 0 saturated carbocycles. The molecule has 0 bridgehead atoms. The van der Waals surface area contributed by atoms with Crippen molar-refractivity contribution in [3.8, 4) is 0 Å². The second-order valence-electron chi connectivity index (χ2n) is 6.83. The molecule has 0 aliphatic carbocycles. The normalized spacial score (nSPS) is 10.6. The Hall–Kier alpha value is -1.06. The maximum absolute atomic E-state index is 11.6. The van der Waals surface area contributed by atoms with Crippen molar-refractivity contribution >= 4 is 11.9 Å². The monoisotopic (exact) mass is 356 g/mol. The maximum atomic E-state index is 11.6. The minimum Gasteiger partial charge on any atom is -0.466 e. The van der Waals surface area contributed by atoms with E-state index >= 15 is 0 Å². The summed E-state index contributed by atoms with van der Waals surface area (Å²) >= 11 is 0. The average Bonchev–Trinajstić information content (AvgIpc) is 2.60. The van der Waals surface area contributed by atoms with E-state index in [1.165, 1.54) is 38.5 Å². The lowest BCUT2D eigenvalue weighted by Crippen LogP contribution is -2.07. The molecule has 0 heterocycles. The molecule has 4 nitrogen and oxygen atoms in total. The fourth-order valence-electron chi connectivity index (χ4n) is 2.64. The zero-order valence-electron chi connectivity index (χ0n) is 16.7. The van der Waals surface area contributed by atoms with Gasteiger partial charge in [0.15, 0.2) is 0 Å². The summed E-state index contributed by atoms with van der Waals surface area (Å²) in [4.78, 5) is 23.1. The van der Waals surface area contributed by atoms with Gasteiger partial charge in [-0.05, 0) is 25.7 Å². The van der Waals surface area contributed by atoms with Gasteiger partial charge in [-0.15, -0.1) is 0 Å². The van der Waals surface area contributed by atoms with Crippen molar-refractivity contribution in [2.75, 3.05) is 13.2 Å². The molecule has 148 valence electrons. The Morgan fingerprint density at radius 1 is 0.520 bits per heavy atom. The van der Waals surface area contributed by atoms with Crippen molar-refractivity contribution < 1.29 is 19.1 Å². The van der Waals surface area contributed by atoms with E-state index in [0.717, 1.165) is 44.9 Å². The van der Waals surface area contributed by atoms with Crippen LogP contribution in [0.3, 0.4) is 0 Å². The highest BCUT2D eigenvalue weighted by Gasteiger charge is 2.05. The maximum Gasteiger partial charge on any atom is 0.305 e. The van der Waals surface area contributed by atoms with Crippen molar-refractivity contribution in [2.45, 2.75) is 110 Å². The lowest BCUT2D eigenvalue weighted by Gasteiger charge is -2.06. The first-order valence-corrected chi connectivity index (χ1v) is 10.5. The second-order valence-corrected chi connectivity index (χ2v) is 6.83. The molecule has 0 unspecified atom stereocenters. The number of hydrogen-bond donors (Lipinski definition) is 0. The van der Waals surface area contributed by atoms with Crippen LogP contribution in [0.1, 0.15) is 110 Å². The first kappa shape index (κ1) is 23.9. The Bertz CT molecular complexity index is 315. The quantitative estimate of drug-likeness (QED) is 0.224. The highest BCUT2D eigenvalue weighted by atomic mass is 16.5. The van der Waals surface area contributed by atoms with Crippen LogP contribution >= 0.6 is 0 Å². The van der Waals surface area contributed by atoms with Gasteiger partial charge in [0.2, 0.25) is 0 Å². The fourth-order valence-corrected chi connectivity index (χ4v) is 2.64. The van der Waals surface area contributed by atoms with Crippen LogP contribution in [0, 0.1) is 0 Å². The first-order valence-electron chi connectivity index (χ1n) is 10.5. The molecule has 0 atom stereocenters. The summed E-state index contributed by atoms with van der Waals surface area (Å²) in [5, 5.41) is 0. The topological polar surface area (TPSA) is 52.6 Å². The minimum absolute atomic E-state index is 0.105. The summed E-state index contributed by atoms with van der Waals surface area (Å²) < 4.78 is 10.4. The summed E-state index contributed by atoms with van der Waals surface area (Å²) in [6.45, 7) is 5.47. The average molecular weight is 357 g/mol. The van der Waals surface area contributed by atoms with E-state index < -0.39 is 0 Å². The molecule has 25 heavy (non-hydrogen) atoms. The van der Waals surface area contributed by atoms with Crippen molar-refractivity contribution in [1.82, 2.24) is 0 Å². The van der Waals surface area contributed by atoms with Crippen molar-refractivity contribution in [3.63, 3.8) is 0 Å². The largest absolute Gasteiger partial charge is 0.466 e. The summed E-state index contributed by atoms with van der Waals surface area (Å²) in [6, 6.07) is 0. The van der Waals surface area contributed by atoms with E-state index in [1.807, 2.05) is 0 Å². The predicted molar refractivity (Wildman–Crippen MR) is 103 cm³/mol. The van der Waals surface area contributed by atoms with Crippen LogP contribution in [0.15, 0.2) is 0 Å². The van der Waals surface area contributed by atoms with Crippen LogP contribution in [-0.2, 0) is 19.1 Å². The van der Waals surface area contributed by atoms with Crippen LogP contribution in [0.5, 0.6) is 0 Å². The molecule has 0 fully saturated rings. The second kappa shape index (κ2) is 19.3. The molecule has 0 aliphatic rings. The fraction of sp³-hybridized carbons (Fsp3) is 0.905. The Balaban J connectivity index is 3.29. The zero-order valence-corrected chi connectivity index (χ0v) is 16.7. The third-order valence-electron chi connectivity index (χ3n) is 4.28. The highest BCUT2D eigenvalue weighted by molar-refractivity contribution is 5.69. The number of hydrogen-bond acceptors (Lipinski definition) is 4. The minimum atomic E-state index is -0.109. The number of carbonyl (C=O) groups is 2. The lowest BCUT2D eigenvalue weighted by atomic mass is 10.1. The summed E-state index contributed by atoms with van der Waals surface area (Å²) in [5.74, 6) is -0.214. The summed E-state index contributed by atoms with van der Waals surface area (Å²) in [5.41, 5.74) is 0. The van der Waals surface area contributed by atoms with E-state index in [0.29, 0.717) is 26.1 Å². The molecule has 0 N–H and O–H groups in total. The molecule has 0 aliphatic heterocycles. The third-order valence-corrected chi connectivity index (χ3v) is 4.28. The standard InChI is InChI=1S/C21H40O4/c1-3-5-7-9-10-15-19-25-21(23)17-13-11-12-16-20(22)24-18-14-8-6-4-2/h3-19H2,1-2H3. The van der Waals surface area contributed by atoms with Crippen molar-refractivity contribution in [3.05, 3.63) is 0 Å². The molecule has 0 aromatic carbocycles. The van der Waals surface area contributed by atoms with Gasteiger partial charge in [-0.25, -0.2) is 0 Å². The first-order chi connectivity index (χ1) is 12.2. The van der Waals surface area contributed by atoms with Gasteiger partial charge >= 0.3 is 11.9 Å². The van der Waals surface area contributed by atoms with E-state index in [9.17, 15) is 9.59 Å². The van der Waals surface area contributed by atoms with Gasteiger partial charge < -0.3 is 9.47 Å². The molecular formula is C21H40O4. The molecule has 0 aromatic rings. The molecule has 0 amide bonds. The van der Waals surface area contributed by atoms with E-state index in [4.69, 9.17) is 9.47 Å². The Morgan fingerprint density at radius 2 is 0.880 bits per heavy atom. The van der Waals surface area contributed by atoms with Crippen molar-refractivity contribution in [2.24, 2.45) is 0 Å². The van der Waals surface area contributed by atoms with Gasteiger partial charge in [0.25, 0.3) is 0 Å². The van der Waals surface area contributed by atoms with Crippen LogP contribution in [0.2, 0.25) is 0 Å². The number of esters is 2. The number of ether oxygens (including phenoxy) is 2. The van der Waals surface area contributed by atoms with Crippen LogP contribution in [-0.4, -0.2) is 25.2 Å². The SMILES string of the molecule is CCCCCCCCOC(=O)CCCCCC(=O)OCCCCCC. The predicted octanol–water partition coefficient (Wildman–Crippen LogP) is 5.96. The Kier molecular flexibility index (Phi) is 18.5. The molecular weight excluding hydrogens is 316 g/mol.